The third-order valence-corrected chi connectivity index (χ3v) is 15.0. The van der Waals surface area contributed by atoms with Crippen molar-refractivity contribution in [3.8, 4) is 11.6 Å². The number of benzene rings is 4. The van der Waals surface area contributed by atoms with Crippen LogP contribution in [0.2, 0.25) is 0 Å². The Balaban J connectivity index is 0.000000120. The lowest BCUT2D eigenvalue weighted by molar-refractivity contribution is 0.0593. The summed E-state index contributed by atoms with van der Waals surface area (Å²) in [7, 11) is 1.28. The number of esters is 1. The minimum absolute atomic E-state index is 0.104. The molecule has 0 saturated carbocycles. The molecule has 0 aliphatic carbocycles. The Bertz CT molecular complexity index is 4310. The topological polar surface area (TPSA) is 341 Å². The number of nitrogen functional groups attached to an aromatic ring is 1. The van der Waals surface area contributed by atoms with Crippen LogP contribution in [0.5, 0.6) is 0 Å². The van der Waals surface area contributed by atoms with Crippen molar-refractivity contribution in [3.63, 3.8) is 0 Å². The monoisotopic (exact) mass is 1140 g/mol. The van der Waals surface area contributed by atoms with Gasteiger partial charge in [0.1, 0.15) is 11.4 Å². The third kappa shape index (κ3) is 11.1. The van der Waals surface area contributed by atoms with Gasteiger partial charge in [0.2, 0.25) is 29.5 Å². The van der Waals surface area contributed by atoms with Crippen molar-refractivity contribution in [2.45, 2.75) is 0 Å². The molecule has 0 radical (unpaired) electrons. The van der Waals surface area contributed by atoms with Crippen LogP contribution in [0.4, 0.5) is 0 Å². The number of ketones is 4. The van der Waals surface area contributed by atoms with Crippen LogP contribution in [0.1, 0.15) is 92.9 Å². The smallest absolute Gasteiger partial charge is 0.357 e. The number of hydrazine groups is 1. The minimum atomic E-state index is -1.13. The molecule has 8 N–H and O–H groups in total. The average Bonchev–Trinajstić information content (AvgIpc) is 4.47. The fourth-order valence-corrected chi connectivity index (χ4v) is 10.8. The van der Waals surface area contributed by atoms with E-state index in [1.165, 1.54) is 41.0 Å². The quantitative estimate of drug-likeness (QED) is 0.0197. The maximum Gasteiger partial charge on any atom is 0.357 e. The van der Waals surface area contributed by atoms with Gasteiger partial charge in [0, 0.05) is 89.9 Å². The second-order valence-electron chi connectivity index (χ2n) is 16.5. The van der Waals surface area contributed by atoms with Gasteiger partial charge in [-0.05, 0) is 24.3 Å². The molecule has 396 valence electrons. The highest BCUT2D eigenvalue weighted by Gasteiger charge is 2.23. The van der Waals surface area contributed by atoms with E-state index in [4.69, 9.17) is 15.4 Å². The Morgan fingerprint density at radius 1 is 0.512 bits per heavy atom. The molecule has 1 amide bonds. The zero-order chi connectivity index (χ0) is 55.9. The summed E-state index contributed by atoms with van der Waals surface area (Å²) in [5.41, 5.74) is 8.44. The van der Waals surface area contributed by atoms with Crippen molar-refractivity contribution >= 4 is 130 Å². The first-order valence-corrected chi connectivity index (χ1v) is 26.8. The van der Waals surface area contributed by atoms with Crippen molar-refractivity contribution in [1.29, 1.82) is 0 Å². The number of hydrogen-bond acceptors (Lipinski definition) is 20. The number of ether oxygens (including phenoxy) is 1. The SMILES string of the molecule is COC(=O)c1csc(C(=O)c2c[nH]c3ccccc23)n1.NNC(=O)c1csc(C(=O)c2c[nH]c3ccccc23)n1.O=C(O)c1csc(C(=O)c2c[nH]c3ccccc23)n1.O=C(c1nc(-c2nnco2)cs1)c1c[nH]c2ccccc12. The standard InChI is InChI=1S/C14H8N4O2S.C14H10N2O3S.C13H10N4O2S.C13H8N2O3S/c19-12(9-5-15-10-4-2-1-3-8(9)10)14-17-11(6-21-14)13-18-16-7-20-13;1-19-14(18)11-7-20-13(16-11)12(17)9-6-15-10-5-3-2-4-8(9)10;14-17-12(19)10-6-20-13(16-10)11(18)8-5-15-9-4-2-1-3-7(8)9;16-11(12-15-10(6-19-12)13(17)18)8-5-14-9-4-2-1-3-7(8)9/h1-7,15H;2-7,15H,1H3;1-6,15H,14H2,(H,17,19);1-6,14H,(H,17,18). The number of aromatic carboxylic acids is 1. The first-order chi connectivity index (χ1) is 38.9. The van der Waals surface area contributed by atoms with Crippen LogP contribution >= 0.6 is 45.3 Å². The summed E-state index contributed by atoms with van der Waals surface area (Å²) in [4.78, 5) is 111. The second-order valence-corrected chi connectivity index (χ2v) is 19.9. The lowest BCUT2D eigenvalue weighted by Crippen LogP contribution is -2.30. The molecule has 22 nitrogen and oxygen atoms in total. The number of thiazole rings is 4. The first-order valence-electron chi connectivity index (χ1n) is 23.2. The van der Waals surface area contributed by atoms with E-state index in [-0.39, 0.29) is 55.2 Å². The van der Waals surface area contributed by atoms with Crippen molar-refractivity contribution in [2.75, 3.05) is 7.11 Å². The number of para-hydroxylation sites is 4. The Morgan fingerprint density at radius 3 is 1.25 bits per heavy atom. The number of aromatic amines is 4. The summed E-state index contributed by atoms with van der Waals surface area (Å²) in [5, 5.41) is 26.8. The molecule has 9 aromatic heterocycles. The van der Waals surface area contributed by atoms with Crippen molar-refractivity contribution in [1.82, 2.24) is 55.5 Å². The summed E-state index contributed by atoms with van der Waals surface area (Å²) in [6.45, 7) is 0. The molecule has 0 saturated heterocycles. The largest absolute Gasteiger partial charge is 0.476 e. The predicted molar refractivity (Wildman–Crippen MR) is 299 cm³/mol. The van der Waals surface area contributed by atoms with Gasteiger partial charge in [0.25, 0.3) is 11.8 Å². The zero-order valence-corrected chi connectivity index (χ0v) is 44.2. The average molecular weight is 1140 g/mol. The number of carbonyl (C=O) groups excluding carboxylic acids is 6. The van der Waals surface area contributed by atoms with Crippen LogP contribution in [0.15, 0.2) is 154 Å². The lowest BCUT2D eigenvalue weighted by Gasteiger charge is -1.95. The van der Waals surface area contributed by atoms with Crippen molar-refractivity contribution < 1.29 is 47.8 Å². The second kappa shape index (κ2) is 23.6. The first kappa shape index (κ1) is 53.2. The lowest BCUT2D eigenvalue weighted by atomic mass is 10.1. The molecular weight excluding hydrogens is 1100 g/mol. The predicted octanol–water partition coefficient (Wildman–Crippen LogP) is 9.56. The van der Waals surface area contributed by atoms with Crippen LogP contribution in [-0.2, 0) is 4.74 Å². The van der Waals surface area contributed by atoms with Gasteiger partial charge in [-0.25, -0.2) is 35.4 Å². The number of carbonyl (C=O) groups is 7. The van der Waals surface area contributed by atoms with E-state index < -0.39 is 17.8 Å². The van der Waals surface area contributed by atoms with Crippen LogP contribution in [0, 0.1) is 0 Å². The molecule has 0 spiro atoms. The molecule has 80 heavy (non-hydrogen) atoms. The Labute approximate surface area is 464 Å². The van der Waals surface area contributed by atoms with Gasteiger partial charge in [-0.1, -0.05) is 72.8 Å². The van der Waals surface area contributed by atoms with Gasteiger partial charge in [-0.2, -0.15) is 0 Å². The van der Waals surface area contributed by atoms with Gasteiger partial charge < -0.3 is 34.2 Å². The van der Waals surface area contributed by atoms with Crippen molar-refractivity contribution in [2.24, 2.45) is 5.84 Å². The van der Waals surface area contributed by atoms with Crippen LogP contribution in [0.25, 0.3) is 55.2 Å². The van der Waals surface area contributed by atoms with Gasteiger partial charge in [0.15, 0.2) is 31.4 Å². The number of rotatable bonds is 12. The molecule has 26 heteroatoms. The molecule has 13 aromatic rings. The maximum absolute atomic E-state index is 12.6. The highest BCUT2D eigenvalue weighted by atomic mass is 32.1. The highest BCUT2D eigenvalue weighted by Crippen LogP contribution is 2.28. The summed E-state index contributed by atoms with van der Waals surface area (Å²) in [5.74, 6) is 2.34. The number of methoxy groups -OCH3 is 1. The molecule has 0 aliphatic rings. The number of nitrogens with two attached hydrogens (primary N) is 1. The molecule has 0 unspecified atom stereocenters. The van der Waals surface area contributed by atoms with Gasteiger partial charge in [-0.15, -0.1) is 55.5 Å². The van der Waals surface area contributed by atoms with Crippen LogP contribution in [-0.4, -0.2) is 103 Å². The minimum Gasteiger partial charge on any atom is -0.476 e. The Hall–Kier alpha value is -10.3. The molecule has 13 rings (SSSR count). The summed E-state index contributed by atoms with van der Waals surface area (Å²) >= 11 is 4.55. The number of carboxylic acids is 1. The number of aromatic nitrogens is 10. The summed E-state index contributed by atoms with van der Waals surface area (Å²) < 4.78 is 9.66. The third-order valence-electron chi connectivity index (χ3n) is 11.7. The number of hydrogen-bond donors (Lipinski definition) is 7. The molecule has 9 heterocycles. The highest BCUT2D eigenvalue weighted by molar-refractivity contribution is 7.13. The Kier molecular flexibility index (Phi) is 15.7. The summed E-state index contributed by atoms with van der Waals surface area (Å²) in [6, 6.07) is 30.1. The number of carboxylic acid groups (broad SMARTS) is 1. The van der Waals surface area contributed by atoms with Gasteiger partial charge in [0.05, 0.1) is 29.4 Å². The summed E-state index contributed by atoms with van der Waals surface area (Å²) in [6.07, 6.45) is 7.87. The van der Waals surface area contributed by atoms with E-state index in [2.05, 4.69) is 54.8 Å². The van der Waals surface area contributed by atoms with Crippen LogP contribution < -0.4 is 11.3 Å². The Morgan fingerprint density at radius 2 is 0.875 bits per heavy atom. The number of nitrogens with one attached hydrogen (secondary N) is 5. The van der Waals surface area contributed by atoms with E-state index >= 15 is 0 Å². The molecular formula is C54H36N12O10S4. The fourth-order valence-electron chi connectivity index (χ4n) is 7.87. The fraction of sp³-hybridized carbons (Fsp3) is 0.0185. The molecule has 0 bridgehead atoms. The number of H-pyrrole nitrogens is 4. The normalized spacial score (nSPS) is 10.8. The molecule has 0 aliphatic heterocycles. The van der Waals surface area contributed by atoms with E-state index in [9.17, 15) is 33.6 Å². The van der Waals surface area contributed by atoms with Crippen LogP contribution in [0.3, 0.4) is 0 Å². The van der Waals surface area contributed by atoms with Gasteiger partial charge in [-0.3, -0.25) is 29.4 Å². The van der Waals surface area contributed by atoms with E-state index in [0.29, 0.717) is 38.8 Å². The van der Waals surface area contributed by atoms with E-state index in [0.717, 1.165) is 77.6 Å². The van der Waals surface area contributed by atoms with E-state index in [1.54, 1.807) is 30.2 Å². The molecule has 0 atom stereocenters. The number of fused-ring (bicyclic) bond motifs is 4. The maximum atomic E-state index is 12.6. The van der Waals surface area contributed by atoms with Crippen molar-refractivity contribution in [3.05, 3.63) is 209 Å². The number of amides is 1. The van der Waals surface area contributed by atoms with Gasteiger partial charge >= 0.3 is 11.9 Å². The zero-order valence-electron chi connectivity index (χ0n) is 40.9. The molecule has 0 fully saturated rings. The molecule has 4 aromatic carbocycles. The number of nitrogens with zero attached hydrogens (tertiary/aromatic N) is 6. The van der Waals surface area contributed by atoms with E-state index in [1.807, 2.05) is 102 Å².